The highest BCUT2D eigenvalue weighted by Crippen LogP contribution is 2.49. The van der Waals surface area contributed by atoms with E-state index in [0.29, 0.717) is 30.3 Å². The van der Waals surface area contributed by atoms with E-state index < -0.39 is 17.2 Å². The number of piperidine rings is 1. The summed E-state index contributed by atoms with van der Waals surface area (Å²) < 4.78 is 39.7. The van der Waals surface area contributed by atoms with Gasteiger partial charge in [-0.25, -0.2) is 0 Å². The first-order valence-corrected chi connectivity index (χ1v) is 12.9. The summed E-state index contributed by atoms with van der Waals surface area (Å²) in [5.41, 5.74) is -0.308. The first kappa shape index (κ1) is 24.5. The third-order valence-electron chi connectivity index (χ3n) is 9.35. The van der Waals surface area contributed by atoms with Gasteiger partial charge in [-0.15, -0.1) is 0 Å². The zero-order valence-electron chi connectivity index (χ0n) is 20.6. The highest BCUT2D eigenvalue weighted by Gasteiger charge is 2.52. The molecule has 1 aromatic heterocycles. The molecule has 35 heavy (non-hydrogen) atoms. The first-order chi connectivity index (χ1) is 16.5. The van der Waals surface area contributed by atoms with Gasteiger partial charge >= 0.3 is 6.18 Å². The van der Waals surface area contributed by atoms with E-state index in [4.69, 9.17) is 0 Å². The molecule has 1 aliphatic carbocycles. The van der Waals surface area contributed by atoms with Crippen molar-refractivity contribution in [3.8, 4) is 0 Å². The second kappa shape index (κ2) is 8.75. The first-order valence-electron chi connectivity index (χ1n) is 12.9. The van der Waals surface area contributed by atoms with Gasteiger partial charge in [0, 0.05) is 44.0 Å². The molecule has 2 atom stereocenters. The minimum absolute atomic E-state index is 0.0710. The van der Waals surface area contributed by atoms with Gasteiger partial charge < -0.3 is 15.1 Å². The lowest BCUT2D eigenvalue weighted by atomic mass is 9.73. The molecule has 3 fully saturated rings. The maximum Gasteiger partial charge on any atom is 0.417 e. The summed E-state index contributed by atoms with van der Waals surface area (Å²) in [4.78, 5) is 34.6. The molecule has 1 saturated carbocycles. The number of likely N-dealkylation sites (tertiary alicyclic amines) is 1. The maximum atomic E-state index is 13.9. The molecule has 2 unspecified atom stereocenters. The predicted octanol–water partition coefficient (Wildman–Crippen LogP) is 3.78. The molecule has 6 nitrogen and oxygen atoms in total. The maximum absolute atomic E-state index is 13.9. The lowest BCUT2D eigenvalue weighted by Crippen LogP contribution is -2.50. The number of aromatic nitrogens is 1. The molecule has 0 radical (unpaired) electrons. The molecule has 0 aromatic carbocycles. The molecule has 3 aliphatic heterocycles. The molecular weight excluding hydrogens is 457 g/mol. The molecule has 2 saturated heterocycles. The molecule has 2 amide bonds. The van der Waals surface area contributed by atoms with Crippen molar-refractivity contribution in [2.75, 3.05) is 26.2 Å². The summed E-state index contributed by atoms with van der Waals surface area (Å²) in [7, 11) is 0. The fraction of sp³-hybridized carbons (Fsp3) is 0.731. The number of nitrogens with zero attached hydrogens (tertiary/aromatic N) is 3. The number of nitrogens with one attached hydrogen (secondary N) is 1. The van der Waals surface area contributed by atoms with Crippen molar-refractivity contribution in [2.24, 2.45) is 16.7 Å². The van der Waals surface area contributed by atoms with E-state index in [2.05, 4.69) is 29.0 Å². The van der Waals surface area contributed by atoms with E-state index in [1.54, 1.807) is 4.90 Å². The molecule has 9 heteroatoms. The van der Waals surface area contributed by atoms with Crippen LogP contribution in [0.25, 0.3) is 0 Å². The molecule has 4 heterocycles. The fourth-order valence-corrected chi connectivity index (χ4v) is 6.91. The van der Waals surface area contributed by atoms with Gasteiger partial charge in [-0.2, -0.15) is 13.2 Å². The second-order valence-corrected chi connectivity index (χ2v) is 11.3. The minimum Gasteiger partial charge on any atom is -0.356 e. The number of carbonyl (C=O) groups excluding carboxylic acids is 2. The number of alkyl halides is 3. The Balaban J connectivity index is 1.29. The third-order valence-corrected chi connectivity index (χ3v) is 9.35. The number of fused-ring (bicyclic) bond motifs is 1. The van der Waals surface area contributed by atoms with Crippen LogP contribution in [0.3, 0.4) is 0 Å². The van der Waals surface area contributed by atoms with Crippen LogP contribution in [0.4, 0.5) is 13.2 Å². The van der Waals surface area contributed by atoms with Crippen molar-refractivity contribution in [3.05, 3.63) is 29.1 Å². The van der Waals surface area contributed by atoms with Gasteiger partial charge in [-0.3, -0.25) is 14.6 Å². The minimum atomic E-state index is -4.45. The summed E-state index contributed by atoms with van der Waals surface area (Å²) in [5.74, 6) is 0.406. The highest BCUT2D eigenvalue weighted by atomic mass is 19.4. The van der Waals surface area contributed by atoms with Crippen LogP contribution in [-0.4, -0.2) is 58.8 Å². The Morgan fingerprint density at radius 1 is 1.17 bits per heavy atom. The average molecular weight is 493 g/mol. The van der Waals surface area contributed by atoms with Gasteiger partial charge in [-0.05, 0) is 69.2 Å². The summed E-state index contributed by atoms with van der Waals surface area (Å²) in [6.45, 7) is 7.39. The second-order valence-electron chi connectivity index (χ2n) is 11.3. The van der Waals surface area contributed by atoms with Crippen molar-refractivity contribution in [2.45, 2.75) is 77.6 Å². The SMILES string of the molecule is CC(C)C1(C(=O)N2CCc3ncc(C(F)(F)F)cc3C2)CCC(N2CCC3(CCNC3=O)CC2)C1. The predicted molar refractivity (Wildman–Crippen MR) is 124 cm³/mol. The van der Waals surface area contributed by atoms with Crippen molar-refractivity contribution in [1.29, 1.82) is 0 Å². The van der Waals surface area contributed by atoms with E-state index in [9.17, 15) is 22.8 Å². The van der Waals surface area contributed by atoms with E-state index >= 15 is 0 Å². The summed E-state index contributed by atoms with van der Waals surface area (Å²) in [6, 6.07) is 1.46. The molecule has 192 valence electrons. The Labute approximate surface area is 204 Å². The van der Waals surface area contributed by atoms with Crippen LogP contribution in [0.1, 0.15) is 69.2 Å². The van der Waals surface area contributed by atoms with Crippen molar-refractivity contribution >= 4 is 11.8 Å². The van der Waals surface area contributed by atoms with Crippen molar-refractivity contribution in [1.82, 2.24) is 20.1 Å². The zero-order chi connectivity index (χ0) is 25.0. The number of hydrogen-bond donors (Lipinski definition) is 1. The number of pyridine rings is 1. The van der Waals surface area contributed by atoms with E-state index in [-0.39, 0.29) is 29.7 Å². The molecule has 1 aromatic rings. The van der Waals surface area contributed by atoms with Gasteiger partial charge in [0.25, 0.3) is 0 Å². The van der Waals surface area contributed by atoms with Gasteiger partial charge in [0.2, 0.25) is 11.8 Å². The molecule has 1 spiro atoms. The average Bonchev–Trinajstić information content (AvgIpc) is 3.43. The molecule has 1 N–H and O–H groups in total. The zero-order valence-corrected chi connectivity index (χ0v) is 20.6. The summed E-state index contributed by atoms with van der Waals surface area (Å²) >= 11 is 0. The molecule has 5 rings (SSSR count). The van der Waals surface area contributed by atoms with Crippen LogP contribution in [0, 0.1) is 16.7 Å². The standard InChI is InChI=1S/C26H35F3N4O2/c1-17(2)25(5-3-20(14-25)32-11-7-24(8-12-32)6-9-30-22(24)34)23(35)33-10-4-21-18(16-33)13-19(15-31-21)26(27,28)29/h13,15,17,20H,3-12,14,16H2,1-2H3,(H,30,34). The number of hydrogen-bond acceptors (Lipinski definition) is 4. The quantitative estimate of drug-likeness (QED) is 0.698. The van der Waals surface area contributed by atoms with Crippen LogP contribution in [0.15, 0.2) is 12.3 Å². The molecule has 0 bridgehead atoms. The summed E-state index contributed by atoms with van der Waals surface area (Å²) in [6.07, 6.45) is 2.09. The largest absolute Gasteiger partial charge is 0.417 e. The lowest BCUT2D eigenvalue weighted by Gasteiger charge is -2.42. The van der Waals surface area contributed by atoms with Crippen LogP contribution in [0.5, 0.6) is 0 Å². The van der Waals surface area contributed by atoms with Crippen LogP contribution in [-0.2, 0) is 28.7 Å². The normalized spacial score (nSPS) is 29.0. The van der Waals surface area contributed by atoms with Gasteiger partial charge in [-0.1, -0.05) is 13.8 Å². The van der Waals surface area contributed by atoms with Crippen LogP contribution >= 0.6 is 0 Å². The van der Waals surface area contributed by atoms with E-state index in [0.717, 1.165) is 70.4 Å². The van der Waals surface area contributed by atoms with Crippen molar-refractivity contribution in [3.63, 3.8) is 0 Å². The van der Waals surface area contributed by atoms with Gasteiger partial charge in [0.1, 0.15) is 0 Å². The van der Waals surface area contributed by atoms with Crippen molar-refractivity contribution < 1.29 is 22.8 Å². The highest BCUT2D eigenvalue weighted by molar-refractivity contribution is 5.85. The van der Waals surface area contributed by atoms with Crippen LogP contribution in [0.2, 0.25) is 0 Å². The molecular formula is C26H35F3N4O2. The molecule has 4 aliphatic rings. The third kappa shape index (κ3) is 4.23. The van der Waals surface area contributed by atoms with Crippen LogP contribution < -0.4 is 5.32 Å². The lowest BCUT2D eigenvalue weighted by molar-refractivity contribution is -0.146. The number of carbonyl (C=O) groups is 2. The summed E-state index contributed by atoms with van der Waals surface area (Å²) in [5, 5.41) is 2.99. The number of amides is 2. The van der Waals surface area contributed by atoms with Gasteiger partial charge in [0.15, 0.2) is 0 Å². The topological polar surface area (TPSA) is 65.5 Å². The Morgan fingerprint density at radius 3 is 2.54 bits per heavy atom. The van der Waals surface area contributed by atoms with Gasteiger partial charge in [0.05, 0.1) is 16.4 Å². The van der Waals surface area contributed by atoms with E-state index in [1.807, 2.05) is 0 Å². The van der Waals surface area contributed by atoms with E-state index in [1.165, 1.54) is 0 Å². The smallest absolute Gasteiger partial charge is 0.356 e. The fourth-order valence-electron chi connectivity index (χ4n) is 6.91. The monoisotopic (exact) mass is 492 g/mol. The Morgan fingerprint density at radius 2 is 1.91 bits per heavy atom. The number of rotatable bonds is 3. The Kier molecular flexibility index (Phi) is 6.13. The number of halogens is 3. The Hall–Kier alpha value is -2.16. The Bertz CT molecular complexity index is 1000.